The molecule has 10 unspecified atom stereocenters. The molecule has 6 fully saturated rings. The average Bonchev–Trinajstić information content (AvgIpc) is 4.15. The summed E-state index contributed by atoms with van der Waals surface area (Å²) in [4.78, 5) is 84.3. The van der Waals surface area contributed by atoms with Gasteiger partial charge in [0.25, 0.3) is 0 Å². The molecule has 10 atom stereocenters. The van der Waals surface area contributed by atoms with Crippen LogP contribution in [0, 0.1) is 53.3 Å². The highest BCUT2D eigenvalue weighted by molar-refractivity contribution is 5.77. The van der Waals surface area contributed by atoms with Gasteiger partial charge in [-0.3, -0.25) is 28.5 Å². The molecule has 6 aliphatic carbocycles. The second kappa shape index (κ2) is 23.3. The third-order valence-corrected chi connectivity index (χ3v) is 15.5. The maximum Gasteiger partial charge on any atom is 0.329 e. The van der Waals surface area contributed by atoms with Crippen LogP contribution in [0.25, 0.3) is 0 Å². The van der Waals surface area contributed by atoms with Crippen LogP contribution < -0.4 is 0 Å². The number of fused-ring (bicyclic) bond motifs is 3. The van der Waals surface area contributed by atoms with Crippen molar-refractivity contribution in [2.75, 3.05) is 39.5 Å². The first-order valence-corrected chi connectivity index (χ1v) is 24.4. The molecule has 1 aromatic rings. The fourth-order valence-corrected chi connectivity index (χ4v) is 12.0. The maximum atomic E-state index is 13.4. The molecule has 350 valence electrons. The summed E-state index contributed by atoms with van der Waals surface area (Å²) in [6, 6.07) is -0.393. The van der Waals surface area contributed by atoms with Crippen LogP contribution in [-0.4, -0.2) is 107 Å². The first kappa shape index (κ1) is 47.0. The Balaban J connectivity index is 0.861. The summed E-state index contributed by atoms with van der Waals surface area (Å²) in [6.07, 6.45) is 21.5. The lowest BCUT2D eigenvalue weighted by atomic mass is 9.76. The van der Waals surface area contributed by atoms with E-state index in [0.717, 1.165) is 77.0 Å². The van der Waals surface area contributed by atoms with Gasteiger partial charge in [0, 0.05) is 38.3 Å². The van der Waals surface area contributed by atoms with Gasteiger partial charge < -0.3 is 33.7 Å². The number of esters is 5. The minimum atomic E-state index is -0.992. The fourth-order valence-electron chi connectivity index (χ4n) is 12.0. The van der Waals surface area contributed by atoms with Crippen LogP contribution in [0.1, 0.15) is 141 Å². The number of rotatable bonds is 20. The third-order valence-electron chi connectivity index (χ3n) is 15.5. The molecule has 1 heterocycles. The minimum Gasteiger partial charge on any atom is -0.461 e. The Hall–Kier alpha value is -4.01. The monoisotopic (exact) mass is 882 g/mol. The van der Waals surface area contributed by atoms with Gasteiger partial charge in [-0.2, -0.15) is 0 Å². The van der Waals surface area contributed by atoms with E-state index in [9.17, 15) is 33.9 Å². The minimum absolute atomic E-state index is 0.0603. The third kappa shape index (κ3) is 13.3. The molecule has 0 aliphatic heterocycles. The number of ether oxygens (including phenoxy) is 5. The molecule has 0 bridgehead atoms. The number of aliphatic hydroxyl groups excluding tert-OH is 1. The van der Waals surface area contributed by atoms with E-state index >= 15 is 0 Å². The molecular formula is C48H71N3O12. The van der Waals surface area contributed by atoms with Crippen molar-refractivity contribution < 1.29 is 57.6 Å². The van der Waals surface area contributed by atoms with Gasteiger partial charge in [0.05, 0.1) is 24.4 Å². The smallest absolute Gasteiger partial charge is 0.329 e. The molecular weight excluding hydrogens is 811 g/mol. The van der Waals surface area contributed by atoms with Gasteiger partial charge in [0.2, 0.25) is 0 Å². The largest absolute Gasteiger partial charge is 0.461 e. The van der Waals surface area contributed by atoms with E-state index in [4.69, 9.17) is 23.7 Å². The van der Waals surface area contributed by atoms with Gasteiger partial charge >= 0.3 is 35.9 Å². The first-order valence-electron chi connectivity index (χ1n) is 24.4. The van der Waals surface area contributed by atoms with Crippen LogP contribution in [0.3, 0.4) is 0 Å². The lowest BCUT2D eigenvalue weighted by molar-refractivity contribution is -0.171. The van der Waals surface area contributed by atoms with Gasteiger partial charge in [-0.25, -0.2) is 9.78 Å². The number of hydrogen-bond acceptors (Lipinski definition) is 13. The van der Waals surface area contributed by atoms with Crippen LogP contribution in [-0.2, 0) is 47.7 Å². The molecule has 6 saturated carbocycles. The number of amides is 1. The summed E-state index contributed by atoms with van der Waals surface area (Å²) < 4.78 is 29.5. The normalized spacial score (nSPS) is 29.6. The van der Waals surface area contributed by atoms with Gasteiger partial charge in [-0.05, 0) is 106 Å². The van der Waals surface area contributed by atoms with Crippen LogP contribution >= 0.6 is 0 Å². The van der Waals surface area contributed by atoms with Crippen LogP contribution in [0.5, 0.6) is 0 Å². The summed E-state index contributed by atoms with van der Waals surface area (Å²) >= 11 is 0. The highest BCUT2D eigenvalue weighted by Crippen LogP contribution is 2.46. The lowest BCUT2D eigenvalue weighted by Crippen LogP contribution is -2.37. The number of carbonyl (C=O) groups is 6. The predicted molar refractivity (Wildman–Crippen MR) is 227 cm³/mol. The number of carbonyl (C=O) groups excluding carboxylic acids is 6. The summed E-state index contributed by atoms with van der Waals surface area (Å²) in [5, 5.41) is 9.87. The SMILES string of the molecule is O=C(CCCN(CCCC(=O)OC(COC(=O)C1CCC2CCCC2C1)COC(=O)C1CCC2CCCC2C1)C(=O)n1ccnc1)OC(CO)COC(=O)C1CCC2CCCC2C1. The number of nitrogens with zero attached hydrogens (tertiary/aromatic N) is 3. The molecule has 0 spiro atoms. The Labute approximate surface area is 372 Å². The Kier molecular flexibility index (Phi) is 17.3. The van der Waals surface area contributed by atoms with Crippen molar-refractivity contribution in [3.8, 4) is 0 Å². The van der Waals surface area contributed by atoms with E-state index in [1.807, 2.05) is 0 Å². The molecule has 63 heavy (non-hydrogen) atoms. The number of aromatic nitrogens is 2. The molecule has 1 N–H and O–H groups in total. The average molecular weight is 882 g/mol. The lowest BCUT2D eigenvalue weighted by Gasteiger charge is -2.31. The molecule has 15 heteroatoms. The van der Waals surface area contributed by atoms with E-state index in [-0.39, 0.29) is 94.3 Å². The molecule has 0 saturated heterocycles. The second-order valence-electron chi connectivity index (χ2n) is 19.6. The van der Waals surface area contributed by atoms with E-state index in [1.165, 1.54) is 66.7 Å². The van der Waals surface area contributed by atoms with E-state index in [2.05, 4.69) is 4.98 Å². The quantitative estimate of drug-likeness (QED) is 0.106. The molecule has 0 radical (unpaired) electrons. The van der Waals surface area contributed by atoms with Crippen LogP contribution in [0.2, 0.25) is 0 Å². The van der Waals surface area contributed by atoms with Gasteiger partial charge in [-0.15, -0.1) is 0 Å². The van der Waals surface area contributed by atoms with Gasteiger partial charge in [0.1, 0.15) is 26.1 Å². The van der Waals surface area contributed by atoms with Crippen molar-refractivity contribution in [2.45, 2.75) is 153 Å². The van der Waals surface area contributed by atoms with Crippen LogP contribution in [0.15, 0.2) is 18.7 Å². The zero-order valence-electron chi connectivity index (χ0n) is 37.2. The molecule has 1 aromatic heterocycles. The zero-order valence-corrected chi connectivity index (χ0v) is 37.2. The molecule has 7 rings (SSSR count). The number of hydrogen-bond donors (Lipinski definition) is 1. The molecule has 0 aromatic carbocycles. The van der Waals surface area contributed by atoms with Crippen molar-refractivity contribution >= 4 is 35.9 Å². The summed E-state index contributed by atoms with van der Waals surface area (Å²) in [5.41, 5.74) is 0. The maximum absolute atomic E-state index is 13.4. The van der Waals surface area contributed by atoms with E-state index in [0.29, 0.717) is 35.5 Å². The molecule has 15 nitrogen and oxygen atoms in total. The highest BCUT2D eigenvalue weighted by Gasteiger charge is 2.40. The van der Waals surface area contributed by atoms with Crippen molar-refractivity contribution in [3.63, 3.8) is 0 Å². The number of imidazole rings is 1. The van der Waals surface area contributed by atoms with E-state index in [1.54, 1.807) is 0 Å². The molecule has 6 aliphatic rings. The molecule has 1 amide bonds. The summed E-state index contributed by atoms with van der Waals surface area (Å²) in [5.74, 6) is 1.20. The topological polar surface area (TPSA) is 190 Å². The highest BCUT2D eigenvalue weighted by atomic mass is 16.6. The standard InChI is InChI=1S/C48H71N3O12/c52-27-41(28-59-45(55)38-17-14-32-6-1-9-35(32)24-38)62-43(53)12-4-21-50(48(58)51-23-20-49-31-51)22-5-13-44(54)63-42(29-60-46(56)39-18-15-33-7-2-10-36(33)25-39)30-61-47(57)40-19-16-34-8-3-11-37(34)26-40/h20,23,31-42,52H,1-19,21-22,24-30H2. The van der Waals surface area contributed by atoms with Crippen molar-refractivity contribution in [1.29, 1.82) is 0 Å². The summed E-state index contributed by atoms with van der Waals surface area (Å²) in [7, 11) is 0. The zero-order chi connectivity index (χ0) is 44.1. The Morgan fingerprint density at radius 1 is 0.571 bits per heavy atom. The van der Waals surface area contributed by atoms with Gasteiger partial charge in [-0.1, -0.05) is 57.8 Å². The Morgan fingerprint density at radius 2 is 0.984 bits per heavy atom. The first-order chi connectivity index (χ1) is 30.6. The van der Waals surface area contributed by atoms with Crippen molar-refractivity contribution in [2.24, 2.45) is 53.3 Å². The fraction of sp³-hybridized carbons (Fsp3) is 0.812. The number of aliphatic hydroxyl groups is 1. The predicted octanol–water partition coefficient (Wildman–Crippen LogP) is 6.81. The van der Waals surface area contributed by atoms with E-state index < -0.39 is 36.8 Å². The Bertz CT molecular complexity index is 1640. The van der Waals surface area contributed by atoms with Crippen LogP contribution in [0.4, 0.5) is 4.79 Å². The Morgan fingerprint density at radius 3 is 1.40 bits per heavy atom. The van der Waals surface area contributed by atoms with Crippen molar-refractivity contribution in [1.82, 2.24) is 14.5 Å². The summed E-state index contributed by atoms with van der Waals surface area (Å²) in [6.45, 7) is -0.823. The van der Waals surface area contributed by atoms with Crippen molar-refractivity contribution in [3.05, 3.63) is 18.7 Å². The van der Waals surface area contributed by atoms with Gasteiger partial charge in [0.15, 0.2) is 12.2 Å². The second-order valence-corrected chi connectivity index (χ2v) is 19.6.